The van der Waals surface area contributed by atoms with Crippen molar-refractivity contribution >= 4 is 41.5 Å². The molecule has 1 unspecified atom stereocenters. The summed E-state index contributed by atoms with van der Waals surface area (Å²) in [5.74, 6) is 0.881. The van der Waals surface area contributed by atoms with Gasteiger partial charge in [0.05, 0.1) is 18.3 Å². The maximum atomic E-state index is 12.5. The smallest absolute Gasteiger partial charge is 0.229 e. The molecule has 2 heterocycles. The Morgan fingerprint density at radius 3 is 2.57 bits per heavy atom. The molecule has 0 spiro atoms. The number of para-hydroxylation sites is 1. The number of guanidine groups is 1. The zero-order valence-electron chi connectivity index (χ0n) is 18.3. The lowest BCUT2D eigenvalue weighted by molar-refractivity contribution is -0.117. The van der Waals surface area contributed by atoms with Gasteiger partial charge in [0.1, 0.15) is 0 Å². The zero-order valence-corrected chi connectivity index (χ0v) is 20.6. The molecule has 7 nitrogen and oxygen atoms in total. The third-order valence-electron chi connectivity index (χ3n) is 5.30. The molecule has 0 radical (unpaired) electrons. The molecule has 30 heavy (non-hydrogen) atoms. The third kappa shape index (κ3) is 5.53. The number of aryl methyl sites for hydroxylation is 2. The van der Waals surface area contributed by atoms with E-state index in [9.17, 15) is 4.79 Å². The van der Waals surface area contributed by atoms with Crippen molar-refractivity contribution in [2.24, 2.45) is 12.0 Å². The Bertz CT molecular complexity index is 864. The molecule has 1 amide bonds. The Hall–Kier alpha value is -2.10. The molecule has 1 aliphatic rings. The van der Waals surface area contributed by atoms with Crippen molar-refractivity contribution in [1.82, 2.24) is 20.4 Å². The zero-order chi connectivity index (χ0) is 20.8. The molecule has 0 aliphatic carbocycles. The number of aromatic nitrogens is 2. The van der Waals surface area contributed by atoms with E-state index in [1.54, 1.807) is 0 Å². The van der Waals surface area contributed by atoms with Crippen LogP contribution in [0.2, 0.25) is 0 Å². The van der Waals surface area contributed by atoms with Crippen LogP contribution in [0.25, 0.3) is 0 Å². The molecule has 1 atom stereocenters. The van der Waals surface area contributed by atoms with Crippen molar-refractivity contribution < 1.29 is 4.79 Å². The Morgan fingerprint density at radius 1 is 1.20 bits per heavy atom. The van der Waals surface area contributed by atoms with Crippen LogP contribution in [0.15, 0.2) is 35.3 Å². The van der Waals surface area contributed by atoms with Gasteiger partial charge in [0.2, 0.25) is 5.91 Å². The highest BCUT2D eigenvalue weighted by Gasteiger charge is 2.31. The molecule has 1 saturated heterocycles. The van der Waals surface area contributed by atoms with Crippen LogP contribution in [0.5, 0.6) is 0 Å². The van der Waals surface area contributed by atoms with E-state index in [1.165, 1.54) is 11.3 Å². The number of carbonyl (C=O) groups excluding carboxylic acids is 1. The van der Waals surface area contributed by atoms with Crippen LogP contribution in [0, 0.1) is 0 Å². The predicted octanol–water partition coefficient (Wildman–Crippen LogP) is 3.02. The number of aliphatic imine (C=N–C) groups is 1. The Balaban J connectivity index is 0.00000320. The van der Waals surface area contributed by atoms with E-state index in [-0.39, 0.29) is 35.9 Å². The molecule has 1 fully saturated rings. The molecule has 1 aliphatic heterocycles. The lowest BCUT2D eigenvalue weighted by Gasteiger charge is -2.19. The molecular weight excluding hydrogens is 491 g/mol. The maximum Gasteiger partial charge on any atom is 0.229 e. The molecule has 0 bridgehead atoms. The minimum absolute atomic E-state index is 0. The molecule has 164 valence electrons. The van der Waals surface area contributed by atoms with Gasteiger partial charge in [0, 0.05) is 43.5 Å². The van der Waals surface area contributed by atoms with Gasteiger partial charge < -0.3 is 15.5 Å². The van der Waals surface area contributed by atoms with E-state index in [0.717, 1.165) is 36.7 Å². The van der Waals surface area contributed by atoms with E-state index in [1.807, 2.05) is 53.9 Å². The summed E-state index contributed by atoms with van der Waals surface area (Å²) < 4.78 is 1.97. The Morgan fingerprint density at radius 2 is 1.93 bits per heavy atom. The molecule has 2 N–H and O–H groups in total. The SMILES string of the molecule is CCNC(=NCc1c(CC)nn(C)c1CC)NC1CC(=O)N(c2ccccc2)C1.I. The molecule has 3 rings (SSSR count). The van der Waals surface area contributed by atoms with Gasteiger partial charge >= 0.3 is 0 Å². The minimum Gasteiger partial charge on any atom is -0.357 e. The Labute approximate surface area is 196 Å². The number of anilines is 1. The number of carbonyl (C=O) groups is 1. The van der Waals surface area contributed by atoms with Gasteiger partial charge in [-0.25, -0.2) is 4.99 Å². The average molecular weight is 524 g/mol. The molecule has 1 aromatic heterocycles. The summed E-state index contributed by atoms with van der Waals surface area (Å²) >= 11 is 0. The second-order valence-corrected chi connectivity index (χ2v) is 7.28. The quantitative estimate of drug-likeness (QED) is 0.332. The van der Waals surface area contributed by atoms with Crippen molar-refractivity contribution in [1.29, 1.82) is 0 Å². The first-order valence-corrected chi connectivity index (χ1v) is 10.5. The second-order valence-electron chi connectivity index (χ2n) is 7.28. The van der Waals surface area contributed by atoms with Crippen LogP contribution in [0.3, 0.4) is 0 Å². The number of amides is 1. The first-order chi connectivity index (χ1) is 14.1. The lowest BCUT2D eigenvalue weighted by atomic mass is 10.1. The number of benzene rings is 1. The van der Waals surface area contributed by atoms with E-state index >= 15 is 0 Å². The first-order valence-electron chi connectivity index (χ1n) is 10.5. The van der Waals surface area contributed by atoms with Gasteiger partial charge in [-0.15, -0.1) is 24.0 Å². The Kier molecular flexibility index (Phi) is 9.13. The summed E-state index contributed by atoms with van der Waals surface area (Å²) in [4.78, 5) is 19.1. The molecule has 1 aromatic carbocycles. The van der Waals surface area contributed by atoms with E-state index in [4.69, 9.17) is 4.99 Å². The van der Waals surface area contributed by atoms with Gasteiger partial charge in [-0.1, -0.05) is 32.0 Å². The molecule has 0 saturated carbocycles. The lowest BCUT2D eigenvalue weighted by Crippen LogP contribution is -2.44. The fourth-order valence-electron chi connectivity index (χ4n) is 3.91. The van der Waals surface area contributed by atoms with Crippen LogP contribution in [-0.4, -0.2) is 40.8 Å². The van der Waals surface area contributed by atoms with Gasteiger partial charge in [-0.05, 0) is 31.9 Å². The first kappa shape index (κ1) is 24.2. The van der Waals surface area contributed by atoms with Crippen LogP contribution < -0.4 is 15.5 Å². The number of halogens is 1. The summed E-state index contributed by atoms with van der Waals surface area (Å²) in [7, 11) is 2.00. The summed E-state index contributed by atoms with van der Waals surface area (Å²) in [5.41, 5.74) is 4.49. The highest BCUT2D eigenvalue weighted by atomic mass is 127. The number of rotatable bonds is 7. The second kappa shape index (κ2) is 11.3. The third-order valence-corrected chi connectivity index (χ3v) is 5.30. The van der Waals surface area contributed by atoms with E-state index in [2.05, 4.69) is 29.6 Å². The highest BCUT2D eigenvalue weighted by Crippen LogP contribution is 2.21. The van der Waals surface area contributed by atoms with Crippen molar-refractivity contribution in [3.8, 4) is 0 Å². The number of nitrogens with zero attached hydrogens (tertiary/aromatic N) is 4. The number of hydrogen-bond acceptors (Lipinski definition) is 3. The van der Waals surface area contributed by atoms with E-state index < -0.39 is 0 Å². The summed E-state index contributed by atoms with van der Waals surface area (Å²) in [5, 5.41) is 11.4. The normalized spacial score (nSPS) is 16.5. The molecular formula is C22H33IN6O. The summed E-state index contributed by atoms with van der Waals surface area (Å²) in [6, 6.07) is 9.86. The maximum absolute atomic E-state index is 12.5. The number of hydrogen-bond donors (Lipinski definition) is 2. The summed E-state index contributed by atoms with van der Waals surface area (Å²) in [6.07, 6.45) is 2.29. The van der Waals surface area contributed by atoms with Crippen LogP contribution in [-0.2, 0) is 31.2 Å². The van der Waals surface area contributed by atoms with Crippen molar-refractivity contribution in [2.45, 2.75) is 52.6 Å². The van der Waals surface area contributed by atoms with Gasteiger partial charge in [-0.2, -0.15) is 5.10 Å². The summed E-state index contributed by atoms with van der Waals surface area (Å²) in [6.45, 7) is 8.31. The monoisotopic (exact) mass is 524 g/mol. The van der Waals surface area contributed by atoms with Gasteiger partial charge in [-0.3, -0.25) is 9.48 Å². The van der Waals surface area contributed by atoms with Gasteiger partial charge in [0.25, 0.3) is 0 Å². The van der Waals surface area contributed by atoms with Crippen molar-refractivity contribution in [3.05, 3.63) is 47.3 Å². The largest absolute Gasteiger partial charge is 0.357 e. The molecule has 8 heteroatoms. The highest BCUT2D eigenvalue weighted by molar-refractivity contribution is 14.0. The average Bonchev–Trinajstić information content (AvgIpc) is 3.25. The standard InChI is InChI=1S/C22H32N6O.HI/c1-5-19-18(20(6-2)27(4)26-19)14-24-22(23-7-3)25-16-13-21(29)28(15-16)17-11-9-8-10-12-17;/h8-12,16H,5-7,13-15H2,1-4H3,(H2,23,24,25);1H. The fourth-order valence-corrected chi connectivity index (χ4v) is 3.91. The van der Waals surface area contributed by atoms with E-state index in [0.29, 0.717) is 19.5 Å². The van der Waals surface area contributed by atoms with Crippen LogP contribution in [0.1, 0.15) is 44.1 Å². The van der Waals surface area contributed by atoms with Gasteiger partial charge in [0.15, 0.2) is 5.96 Å². The molecule has 2 aromatic rings. The number of nitrogens with one attached hydrogen (secondary N) is 2. The topological polar surface area (TPSA) is 74.5 Å². The van der Waals surface area contributed by atoms with Crippen LogP contribution in [0.4, 0.5) is 5.69 Å². The minimum atomic E-state index is 0. The van der Waals surface area contributed by atoms with Crippen molar-refractivity contribution in [3.63, 3.8) is 0 Å². The fraction of sp³-hybridized carbons (Fsp3) is 0.500. The predicted molar refractivity (Wildman–Crippen MR) is 133 cm³/mol. The van der Waals surface area contributed by atoms with Crippen LogP contribution >= 0.6 is 24.0 Å². The van der Waals surface area contributed by atoms with Crippen molar-refractivity contribution in [2.75, 3.05) is 18.0 Å².